The number of hydrogen-bond donors (Lipinski definition) is 2. The molecule has 0 fully saturated rings. The van der Waals surface area contributed by atoms with Crippen LogP contribution in [0.15, 0.2) is 30.6 Å². The summed E-state index contributed by atoms with van der Waals surface area (Å²) in [5.74, 6) is -0.261. The molecule has 0 atom stereocenters. The number of anilines is 1. The molecule has 1 aromatic carbocycles. The van der Waals surface area contributed by atoms with Gasteiger partial charge in [0.1, 0.15) is 5.82 Å². The highest BCUT2D eigenvalue weighted by Gasteiger charge is 2.03. The highest BCUT2D eigenvalue weighted by atomic mass is 19.1. The highest BCUT2D eigenvalue weighted by molar-refractivity contribution is 5.47. The highest BCUT2D eigenvalue weighted by Crippen LogP contribution is 2.16. The van der Waals surface area contributed by atoms with E-state index in [1.165, 1.54) is 6.07 Å². The second-order valence-corrected chi connectivity index (χ2v) is 4.17. The lowest BCUT2D eigenvalue weighted by molar-refractivity contribution is 0.269. The summed E-state index contributed by atoms with van der Waals surface area (Å²) in [6, 6.07) is 4.96. The van der Waals surface area contributed by atoms with Crippen molar-refractivity contribution < 1.29 is 9.50 Å². The summed E-state index contributed by atoms with van der Waals surface area (Å²) in [5.41, 5.74) is 2.45. The molecule has 0 bridgehead atoms. The molecule has 4 nitrogen and oxygen atoms in total. The van der Waals surface area contributed by atoms with Gasteiger partial charge in [0.05, 0.1) is 25.0 Å². The fourth-order valence-electron chi connectivity index (χ4n) is 1.69. The fourth-order valence-corrected chi connectivity index (χ4v) is 1.69. The van der Waals surface area contributed by atoms with Gasteiger partial charge in [0.2, 0.25) is 0 Å². The molecule has 0 spiro atoms. The van der Waals surface area contributed by atoms with Crippen molar-refractivity contribution >= 4 is 5.69 Å². The van der Waals surface area contributed by atoms with Gasteiger partial charge in [-0.05, 0) is 24.6 Å². The molecule has 0 radical (unpaired) electrons. The van der Waals surface area contributed by atoms with E-state index in [0.29, 0.717) is 18.8 Å². The summed E-state index contributed by atoms with van der Waals surface area (Å²) in [7, 11) is 0. The lowest BCUT2D eigenvalue weighted by Crippen LogP contribution is -2.03. The first kappa shape index (κ1) is 12.6. The van der Waals surface area contributed by atoms with Gasteiger partial charge in [-0.15, -0.1) is 0 Å². The van der Waals surface area contributed by atoms with Gasteiger partial charge in [-0.1, -0.05) is 6.07 Å². The van der Waals surface area contributed by atoms with E-state index in [2.05, 4.69) is 10.4 Å². The molecule has 0 aliphatic carbocycles. The number of nitrogens with zero attached hydrogens (tertiary/aromatic N) is 2. The number of aliphatic hydroxyl groups excluding tert-OH is 1. The van der Waals surface area contributed by atoms with Crippen LogP contribution in [0.4, 0.5) is 10.1 Å². The largest absolute Gasteiger partial charge is 0.394 e. The monoisotopic (exact) mass is 249 g/mol. The van der Waals surface area contributed by atoms with Crippen LogP contribution in [-0.4, -0.2) is 21.5 Å². The van der Waals surface area contributed by atoms with E-state index >= 15 is 0 Å². The predicted molar refractivity (Wildman–Crippen MR) is 67.8 cm³/mol. The Morgan fingerprint density at radius 3 is 3.06 bits per heavy atom. The van der Waals surface area contributed by atoms with Crippen molar-refractivity contribution in [1.82, 2.24) is 9.78 Å². The third-order valence-electron chi connectivity index (χ3n) is 2.62. The Bertz CT molecular complexity index is 525. The Morgan fingerprint density at radius 2 is 2.28 bits per heavy atom. The number of benzene rings is 1. The van der Waals surface area contributed by atoms with Crippen molar-refractivity contribution in [3.8, 4) is 0 Å². The third-order valence-corrected chi connectivity index (χ3v) is 2.62. The van der Waals surface area contributed by atoms with E-state index in [-0.39, 0.29) is 12.4 Å². The van der Waals surface area contributed by atoms with Crippen LogP contribution in [0.5, 0.6) is 0 Å². The SMILES string of the molecule is Cc1ccc(F)c(NCc2cnn(CCO)c2)c1. The molecule has 5 heteroatoms. The van der Waals surface area contributed by atoms with E-state index < -0.39 is 0 Å². The molecule has 2 N–H and O–H groups in total. The predicted octanol–water partition coefficient (Wildman–Crippen LogP) is 1.94. The van der Waals surface area contributed by atoms with Crippen LogP contribution in [0.2, 0.25) is 0 Å². The summed E-state index contributed by atoms with van der Waals surface area (Å²) in [6.45, 7) is 2.95. The van der Waals surface area contributed by atoms with E-state index in [9.17, 15) is 4.39 Å². The van der Waals surface area contributed by atoms with Gasteiger partial charge in [0.25, 0.3) is 0 Å². The van der Waals surface area contributed by atoms with Crippen LogP contribution in [0.25, 0.3) is 0 Å². The van der Waals surface area contributed by atoms with Crippen molar-refractivity contribution in [2.24, 2.45) is 0 Å². The molecule has 0 saturated carbocycles. The second kappa shape index (κ2) is 5.64. The maximum absolute atomic E-state index is 13.5. The van der Waals surface area contributed by atoms with Crippen LogP contribution in [0.1, 0.15) is 11.1 Å². The lowest BCUT2D eigenvalue weighted by atomic mass is 10.2. The van der Waals surface area contributed by atoms with Gasteiger partial charge >= 0.3 is 0 Å². The summed E-state index contributed by atoms with van der Waals surface area (Å²) in [6.07, 6.45) is 3.54. The fraction of sp³-hybridized carbons (Fsp3) is 0.308. The van der Waals surface area contributed by atoms with Crippen molar-refractivity contribution in [3.05, 3.63) is 47.5 Å². The molecule has 0 saturated heterocycles. The molecular formula is C13H16FN3O. The van der Waals surface area contributed by atoms with Crippen LogP contribution >= 0.6 is 0 Å². The standard InChI is InChI=1S/C13H16FN3O/c1-10-2-3-12(14)13(6-10)15-7-11-8-16-17(9-11)4-5-18/h2-3,6,8-9,15,18H,4-5,7H2,1H3. The Morgan fingerprint density at radius 1 is 1.44 bits per heavy atom. The number of nitrogens with one attached hydrogen (secondary N) is 1. The quantitative estimate of drug-likeness (QED) is 0.851. The minimum atomic E-state index is -0.261. The van der Waals surface area contributed by atoms with Gasteiger partial charge < -0.3 is 10.4 Å². The number of halogens is 1. The zero-order valence-electron chi connectivity index (χ0n) is 10.2. The molecule has 1 heterocycles. The maximum Gasteiger partial charge on any atom is 0.146 e. The van der Waals surface area contributed by atoms with Crippen molar-refractivity contribution in [2.75, 3.05) is 11.9 Å². The number of aromatic nitrogens is 2. The maximum atomic E-state index is 13.5. The third kappa shape index (κ3) is 3.07. The van der Waals surface area contributed by atoms with Crippen LogP contribution < -0.4 is 5.32 Å². The first-order valence-electron chi connectivity index (χ1n) is 5.81. The summed E-state index contributed by atoms with van der Waals surface area (Å²) < 4.78 is 15.1. The molecule has 0 aliphatic rings. The Hall–Kier alpha value is -1.88. The molecule has 1 aromatic heterocycles. The average molecular weight is 249 g/mol. The molecule has 0 amide bonds. The van der Waals surface area contributed by atoms with Crippen LogP contribution in [0, 0.1) is 12.7 Å². The van der Waals surface area contributed by atoms with Crippen molar-refractivity contribution in [2.45, 2.75) is 20.0 Å². The summed E-state index contributed by atoms with van der Waals surface area (Å²) in [5, 5.41) is 15.9. The van der Waals surface area contributed by atoms with E-state index in [0.717, 1.165) is 11.1 Å². The number of rotatable bonds is 5. The molecule has 2 aromatic rings. The Balaban J connectivity index is 1.99. The topological polar surface area (TPSA) is 50.1 Å². The lowest BCUT2D eigenvalue weighted by Gasteiger charge is -2.07. The number of aryl methyl sites for hydroxylation is 1. The average Bonchev–Trinajstić information content (AvgIpc) is 2.79. The van der Waals surface area contributed by atoms with Gasteiger partial charge in [-0.2, -0.15) is 5.10 Å². The zero-order chi connectivity index (χ0) is 13.0. The molecule has 0 unspecified atom stereocenters. The van der Waals surface area contributed by atoms with Crippen LogP contribution in [-0.2, 0) is 13.1 Å². The molecule has 18 heavy (non-hydrogen) atoms. The molecule has 96 valence electrons. The van der Waals surface area contributed by atoms with Crippen molar-refractivity contribution in [3.63, 3.8) is 0 Å². The van der Waals surface area contributed by atoms with Gasteiger partial charge in [0.15, 0.2) is 0 Å². The molecule has 2 rings (SSSR count). The zero-order valence-corrected chi connectivity index (χ0v) is 10.2. The van der Waals surface area contributed by atoms with E-state index in [1.807, 2.05) is 13.1 Å². The Kier molecular flexibility index (Phi) is 3.94. The van der Waals surface area contributed by atoms with E-state index in [1.54, 1.807) is 23.0 Å². The minimum Gasteiger partial charge on any atom is -0.394 e. The first-order valence-corrected chi connectivity index (χ1v) is 5.81. The van der Waals surface area contributed by atoms with Gasteiger partial charge in [-0.25, -0.2) is 4.39 Å². The summed E-state index contributed by atoms with van der Waals surface area (Å²) in [4.78, 5) is 0. The summed E-state index contributed by atoms with van der Waals surface area (Å²) >= 11 is 0. The minimum absolute atomic E-state index is 0.0566. The smallest absolute Gasteiger partial charge is 0.146 e. The number of aliphatic hydroxyl groups is 1. The van der Waals surface area contributed by atoms with Crippen LogP contribution in [0.3, 0.4) is 0 Å². The Labute approximate surface area is 105 Å². The van der Waals surface area contributed by atoms with Gasteiger partial charge in [0, 0.05) is 18.3 Å². The van der Waals surface area contributed by atoms with Crippen molar-refractivity contribution in [1.29, 1.82) is 0 Å². The second-order valence-electron chi connectivity index (χ2n) is 4.17. The normalized spacial score (nSPS) is 10.6. The number of hydrogen-bond acceptors (Lipinski definition) is 3. The van der Waals surface area contributed by atoms with Gasteiger partial charge in [-0.3, -0.25) is 4.68 Å². The molecule has 0 aliphatic heterocycles. The molecular weight excluding hydrogens is 233 g/mol. The van der Waals surface area contributed by atoms with E-state index in [4.69, 9.17) is 5.11 Å². The first-order chi connectivity index (χ1) is 8.69.